The van der Waals surface area contributed by atoms with Crippen LogP contribution in [0.2, 0.25) is 0 Å². The van der Waals surface area contributed by atoms with E-state index in [0.717, 1.165) is 74.9 Å². The third kappa shape index (κ3) is 20.0. The Morgan fingerprint density at radius 1 is 0.421 bits per heavy atom. The molecular formula is C69H93F5O2. The maximum absolute atomic E-state index is 15.1. The van der Waals surface area contributed by atoms with E-state index >= 15 is 8.78 Å². The molecule has 5 aromatic rings. The van der Waals surface area contributed by atoms with Crippen LogP contribution in [0.15, 0.2) is 97.1 Å². The highest BCUT2D eigenvalue weighted by molar-refractivity contribution is 5.72. The van der Waals surface area contributed by atoms with Gasteiger partial charge in [0.2, 0.25) is 0 Å². The summed E-state index contributed by atoms with van der Waals surface area (Å²) in [4.78, 5) is 0. The van der Waals surface area contributed by atoms with E-state index < -0.39 is 29.4 Å². The lowest BCUT2D eigenvalue weighted by atomic mass is 9.77. The third-order valence-corrected chi connectivity index (χ3v) is 16.6. The lowest BCUT2D eigenvalue weighted by molar-refractivity contribution is 0.184. The Morgan fingerprint density at radius 2 is 0.855 bits per heavy atom. The molecule has 416 valence electrons. The second-order valence-corrected chi connectivity index (χ2v) is 22.7. The Hall–Kier alpha value is -4.65. The molecule has 1 unspecified atom stereocenters. The molecular weight excluding hydrogens is 956 g/mol. The van der Waals surface area contributed by atoms with Crippen LogP contribution in [0.1, 0.15) is 206 Å². The number of hydrogen-bond donors (Lipinski definition) is 0. The Labute approximate surface area is 456 Å². The number of ether oxygens (including phenoxy) is 2. The average molecular weight is 1050 g/mol. The van der Waals surface area contributed by atoms with Gasteiger partial charge in [-0.1, -0.05) is 242 Å². The van der Waals surface area contributed by atoms with Crippen molar-refractivity contribution in [2.75, 3.05) is 13.2 Å². The summed E-state index contributed by atoms with van der Waals surface area (Å²) in [6, 6.07) is 28.7. The highest BCUT2D eigenvalue weighted by atomic mass is 19.2. The summed E-state index contributed by atoms with van der Waals surface area (Å²) in [6.07, 6.45) is 32.0. The summed E-state index contributed by atoms with van der Waals surface area (Å²) >= 11 is 0. The lowest BCUT2D eigenvalue weighted by Gasteiger charge is -2.28. The Bertz CT molecular complexity index is 2360. The monoisotopic (exact) mass is 1050 g/mol. The average Bonchev–Trinajstić information content (AvgIpc) is 3.45. The zero-order valence-corrected chi connectivity index (χ0v) is 47.0. The van der Waals surface area contributed by atoms with E-state index in [2.05, 4.69) is 27.7 Å². The van der Waals surface area contributed by atoms with E-state index in [1.165, 1.54) is 121 Å². The van der Waals surface area contributed by atoms with Crippen molar-refractivity contribution in [1.82, 2.24) is 0 Å². The Balaban J connectivity index is 0.000000247. The second kappa shape index (κ2) is 33.6. The molecule has 2 aliphatic carbocycles. The Kier molecular flexibility index (Phi) is 26.8. The molecule has 7 rings (SSSR count). The molecule has 2 saturated carbocycles. The van der Waals surface area contributed by atoms with Gasteiger partial charge in [0.1, 0.15) is 24.3 Å². The molecule has 5 aromatic carbocycles. The third-order valence-electron chi connectivity index (χ3n) is 16.6. The van der Waals surface area contributed by atoms with Gasteiger partial charge in [-0.05, 0) is 114 Å². The van der Waals surface area contributed by atoms with Crippen LogP contribution < -0.4 is 9.47 Å². The van der Waals surface area contributed by atoms with Crippen molar-refractivity contribution in [2.24, 2.45) is 23.7 Å². The fraction of sp³-hybridized carbons (Fsp3) is 0.565. The van der Waals surface area contributed by atoms with E-state index in [1.54, 1.807) is 48.5 Å². The normalized spacial score (nSPS) is 18.0. The van der Waals surface area contributed by atoms with Crippen LogP contribution in [0.3, 0.4) is 0 Å². The largest absolute Gasteiger partial charge is 0.494 e. The van der Waals surface area contributed by atoms with Crippen molar-refractivity contribution in [1.29, 1.82) is 0 Å². The number of halogens is 5. The first-order valence-corrected chi connectivity index (χ1v) is 30.2. The van der Waals surface area contributed by atoms with Crippen LogP contribution >= 0.6 is 0 Å². The van der Waals surface area contributed by atoms with E-state index in [0.29, 0.717) is 58.9 Å². The van der Waals surface area contributed by atoms with Crippen molar-refractivity contribution in [2.45, 2.75) is 214 Å². The van der Waals surface area contributed by atoms with Gasteiger partial charge in [-0.3, -0.25) is 0 Å². The zero-order valence-electron chi connectivity index (χ0n) is 47.0. The summed E-state index contributed by atoms with van der Waals surface area (Å²) in [5, 5.41) is 0. The van der Waals surface area contributed by atoms with Crippen molar-refractivity contribution >= 4 is 0 Å². The molecule has 0 radical (unpaired) electrons. The molecule has 0 aromatic heterocycles. The van der Waals surface area contributed by atoms with Gasteiger partial charge in [-0.15, -0.1) is 0 Å². The van der Waals surface area contributed by atoms with Gasteiger partial charge in [-0.2, -0.15) is 0 Å². The molecule has 76 heavy (non-hydrogen) atoms. The quantitative estimate of drug-likeness (QED) is 0.0337. The van der Waals surface area contributed by atoms with E-state index in [-0.39, 0.29) is 17.7 Å². The summed E-state index contributed by atoms with van der Waals surface area (Å²) in [6.45, 7) is 9.66. The van der Waals surface area contributed by atoms with Crippen molar-refractivity contribution in [3.05, 3.63) is 131 Å². The van der Waals surface area contributed by atoms with Gasteiger partial charge in [0, 0.05) is 16.7 Å². The minimum absolute atomic E-state index is 0.0175. The molecule has 2 fully saturated rings. The molecule has 2 nitrogen and oxygen atoms in total. The van der Waals surface area contributed by atoms with Crippen LogP contribution in [0, 0.1) is 46.9 Å². The number of unbranched alkanes of at least 4 members (excludes halogenated alkanes) is 10. The van der Waals surface area contributed by atoms with Crippen LogP contribution in [0.4, 0.5) is 22.0 Å². The van der Waals surface area contributed by atoms with Gasteiger partial charge in [0.25, 0.3) is 0 Å². The predicted molar refractivity (Wildman–Crippen MR) is 309 cm³/mol. The zero-order chi connectivity index (χ0) is 53.9. The van der Waals surface area contributed by atoms with Crippen molar-refractivity contribution in [3.63, 3.8) is 0 Å². The number of hydrogen-bond acceptors (Lipinski definition) is 2. The maximum Gasteiger partial charge on any atom is 0.167 e. The summed E-state index contributed by atoms with van der Waals surface area (Å²) < 4.78 is 85.6. The van der Waals surface area contributed by atoms with Gasteiger partial charge >= 0.3 is 0 Å². The molecule has 1 atom stereocenters. The second-order valence-electron chi connectivity index (χ2n) is 22.7. The first kappa shape index (κ1) is 60.6. The van der Waals surface area contributed by atoms with Crippen LogP contribution in [-0.4, -0.2) is 19.4 Å². The van der Waals surface area contributed by atoms with Gasteiger partial charge in [0.05, 0.1) is 6.61 Å². The Morgan fingerprint density at radius 3 is 1.42 bits per heavy atom. The minimum Gasteiger partial charge on any atom is -0.494 e. The van der Waals surface area contributed by atoms with Gasteiger partial charge < -0.3 is 9.47 Å². The van der Waals surface area contributed by atoms with Gasteiger partial charge in [0.15, 0.2) is 23.3 Å². The molecule has 0 saturated heterocycles. The molecule has 7 heteroatoms. The summed E-state index contributed by atoms with van der Waals surface area (Å²) in [5.41, 5.74) is 4.46. The topological polar surface area (TPSA) is 18.5 Å². The highest BCUT2D eigenvalue weighted by Gasteiger charge is 2.23. The van der Waals surface area contributed by atoms with Crippen LogP contribution in [-0.2, 0) is 12.8 Å². The summed E-state index contributed by atoms with van der Waals surface area (Å²) in [5.74, 6) is 1.55. The summed E-state index contributed by atoms with van der Waals surface area (Å²) in [7, 11) is 0. The standard InChI is InChI=1S/C36H46F2O.C33H47F3O/c1-3-4-7-10-29-16-18-30(19-17-29)33-24-25-34(36(38)35(33)37)31-20-22-32(23-21-31)39-26-9-6-5-8-11-28-14-12-27(2)13-15-28;1-3-5-7-9-11-29(34)24-37-30-21-18-27(19-22-30)31-23-20-28(32(35)33(31)36)17-16-26-14-12-25(13-15-26)10-8-6-4-2/h16-25,27-28H,3-15,26H2,1-2H3;18-23,25-26,29H,3-17,24H2,1-2H3. The first-order chi connectivity index (χ1) is 37.1. The molecule has 0 N–H and O–H groups in total. The maximum atomic E-state index is 15.1. The number of benzene rings is 5. The van der Waals surface area contributed by atoms with Crippen molar-refractivity contribution in [3.8, 4) is 44.9 Å². The molecule has 0 heterocycles. The molecule has 0 spiro atoms. The van der Waals surface area contributed by atoms with Crippen LogP contribution in [0.5, 0.6) is 11.5 Å². The number of rotatable bonds is 30. The smallest absolute Gasteiger partial charge is 0.167 e. The highest BCUT2D eigenvalue weighted by Crippen LogP contribution is 2.37. The first-order valence-electron chi connectivity index (χ1n) is 30.2. The van der Waals surface area contributed by atoms with E-state index in [9.17, 15) is 13.2 Å². The van der Waals surface area contributed by atoms with Gasteiger partial charge in [-0.25, -0.2) is 22.0 Å². The van der Waals surface area contributed by atoms with E-state index in [4.69, 9.17) is 9.47 Å². The molecule has 2 aliphatic rings. The van der Waals surface area contributed by atoms with E-state index in [1.807, 2.05) is 48.5 Å². The lowest BCUT2D eigenvalue weighted by Crippen LogP contribution is -2.15. The SMILES string of the molecule is CCCCCCC(F)COc1ccc(-c2ccc(CCC3CCC(CCCCC)CC3)c(F)c2F)cc1.CCCCCc1ccc(-c2ccc(-c3ccc(OCCCCCCC4CCC(C)CC4)cc3)c(F)c2F)cc1. The fourth-order valence-electron chi connectivity index (χ4n) is 11.5. The minimum atomic E-state index is -0.989. The molecule has 0 aliphatic heterocycles. The fourth-order valence-corrected chi connectivity index (χ4v) is 11.5. The van der Waals surface area contributed by atoms with Crippen LogP contribution in [0.25, 0.3) is 33.4 Å². The molecule has 0 amide bonds. The van der Waals surface area contributed by atoms with Crippen molar-refractivity contribution < 1.29 is 31.4 Å². The number of alkyl halides is 1. The molecule has 0 bridgehead atoms. The number of aryl methyl sites for hydroxylation is 2. The predicted octanol–water partition coefficient (Wildman–Crippen LogP) is 21.8.